The molecule has 1 unspecified atom stereocenters. The second kappa shape index (κ2) is 3.19. The molecule has 0 aromatic heterocycles. The van der Waals surface area contributed by atoms with Crippen LogP contribution in [0.4, 0.5) is 4.11 Å². The molecular weight excluding hydrogens is 107 g/mol. The van der Waals surface area contributed by atoms with Gasteiger partial charge < -0.3 is 4.11 Å². The van der Waals surface area contributed by atoms with Crippen molar-refractivity contribution in [3.8, 4) is 0 Å². The number of rotatable bonds is 2. The second-order valence-corrected chi connectivity index (χ2v) is 4.06. The largest absolute Gasteiger partial charge is 0.314 e. The van der Waals surface area contributed by atoms with Crippen LogP contribution in [0.15, 0.2) is 0 Å². The van der Waals surface area contributed by atoms with Crippen LogP contribution in [0, 0.1) is 0 Å². The lowest BCUT2D eigenvalue weighted by atomic mass is 10.4. The molecule has 0 rings (SSSR count). The molecule has 0 aliphatic heterocycles. The highest BCUT2D eigenvalue weighted by Crippen LogP contribution is 2.12. The molecule has 0 saturated heterocycles. The van der Waals surface area contributed by atoms with E-state index >= 15 is 0 Å². The Morgan fingerprint density at radius 3 is 2.14 bits per heavy atom. The molecular formula is C5H12FSi. The molecule has 0 aromatic carbocycles. The molecule has 0 aliphatic carbocycles. The van der Waals surface area contributed by atoms with Crippen molar-refractivity contribution in [1.82, 2.24) is 0 Å². The molecule has 0 heterocycles. The van der Waals surface area contributed by atoms with Gasteiger partial charge in [0.2, 0.25) is 0 Å². The number of hydrogen-bond acceptors (Lipinski definition) is 0. The lowest BCUT2D eigenvalue weighted by Gasteiger charge is -2.03. The monoisotopic (exact) mass is 119 g/mol. The second-order valence-electron chi connectivity index (χ2n) is 1.90. The molecule has 1 atom stereocenters. The molecule has 0 fully saturated rings. The van der Waals surface area contributed by atoms with Crippen LogP contribution in [-0.2, 0) is 0 Å². The molecule has 0 bridgehead atoms. The van der Waals surface area contributed by atoms with Crippen LogP contribution in [0.1, 0.15) is 20.3 Å². The summed E-state index contributed by atoms with van der Waals surface area (Å²) < 4.78 is 12.2. The van der Waals surface area contributed by atoms with E-state index in [-0.39, 0.29) is 0 Å². The summed E-state index contributed by atoms with van der Waals surface area (Å²) in [6.07, 6.45) is 0.987. The van der Waals surface area contributed by atoms with E-state index in [1.165, 1.54) is 0 Å². The Hall–Kier alpha value is 0.147. The fourth-order valence-electron chi connectivity index (χ4n) is 0.281. The van der Waals surface area contributed by atoms with Crippen LogP contribution in [0.2, 0.25) is 12.1 Å². The van der Waals surface area contributed by atoms with Crippen molar-refractivity contribution in [1.29, 1.82) is 0 Å². The minimum atomic E-state index is -1.46. The minimum absolute atomic E-state index is 0.338. The van der Waals surface area contributed by atoms with E-state index in [4.69, 9.17) is 0 Å². The van der Waals surface area contributed by atoms with Gasteiger partial charge in [0, 0.05) is 0 Å². The topological polar surface area (TPSA) is 0 Å². The normalized spacial score (nSPS) is 15.0. The summed E-state index contributed by atoms with van der Waals surface area (Å²) >= 11 is 0. The van der Waals surface area contributed by atoms with Crippen molar-refractivity contribution in [3.05, 3.63) is 0 Å². The predicted octanol–water partition coefficient (Wildman–Crippen LogP) is 2.38. The van der Waals surface area contributed by atoms with Gasteiger partial charge in [-0.25, -0.2) is 0 Å². The third-order valence-corrected chi connectivity index (χ3v) is 3.06. The fourth-order valence-corrected chi connectivity index (χ4v) is 0.844. The van der Waals surface area contributed by atoms with E-state index in [1.807, 2.05) is 13.8 Å². The molecule has 0 N–H and O–H groups in total. The van der Waals surface area contributed by atoms with E-state index < -0.39 is 9.13 Å². The Morgan fingerprint density at radius 1 is 1.71 bits per heavy atom. The maximum absolute atomic E-state index is 12.2. The van der Waals surface area contributed by atoms with Crippen LogP contribution in [-0.4, -0.2) is 9.13 Å². The molecule has 2 heteroatoms. The van der Waals surface area contributed by atoms with Crippen molar-refractivity contribution < 1.29 is 4.11 Å². The molecule has 0 aromatic rings. The van der Waals surface area contributed by atoms with Gasteiger partial charge in [-0.1, -0.05) is 20.3 Å². The summed E-state index contributed by atoms with van der Waals surface area (Å²) in [5.74, 6) is 0. The van der Waals surface area contributed by atoms with Gasteiger partial charge in [0.15, 0.2) is 0 Å². The highest BCUT2D eigenvalue weighted by molar-refractivity contribution is 6.51. The molecule has 1 radical (unpaired) electrons. The van der Waals surface area contributed by atoms with Crippen molar-refractivity contribution >= 4 is 9.13 Å². The van der Waals surface area contributed by atoms with Crippen LogP contribution in [0.5, 0.6) is 0 Å². The van der Waals surface area contributed by atoms with E-state index in [9.17, 15) is 4.11 Å². The van der Waals surface area contributed by atoms with Gasteiger partial charge >= 0.3 is 0 Å². The molecule has 0 amide bonds. The zero-order valence-electron chi connectivity index (χ0n) is 5.16. The summed E-state index contributed by atoms with van der Waals surface area (Å²) in [7, 11) is -1.46. The van der Waals surface area contributed by atoms with Crippen LogP contribution >= 0.6 is 0 Å². The van der Waals surface area contributed by atoms with Crippen LogP contribution < -0.4 is 0 Å². The van der Waals surface area contributed by atoms with Crippen LogP contribution in [0.25, 0.3) is 0 Å². The minimum Gasteiger partial charge on any atom is -0.314 e. The summed E-state index contributed by atoms with van der Waals surface area (Å²) in [4.78, 5) is 0. The number of halogens is 1. The Morgan fingerprint density at radius 2 is 2.14 bits per heavy atom. The van der Waals surface area contributed by atoms with Gasteiger partial charge in [-0.2, -0.15) is 0 Å². The molecule has 0 aliphatic rings. The third-order valence-electron chi connectivity index (χ3n) is 1.29. The average molecular weight is 119 g/mol. The van der Waals surface area contributed by atoms with Gasteiger partial charge in [-0.3, -0.25) is 0 Å². The average Bonchev–Trinajstić information content (AvgIpc) is 1.65. The highest BCUT2D eigenvalue weighted by Gasteiger charge is 2.10. The maximum atomic E-state index is 12.2. The van der Waals surface area contributed by atoms with Gasteiger partial charge in [0.25, 0.3) is 9.13 Å². The molecule has 7 heavy (non-hydrogen) atoms. The van der Waals surface area contributed by atoms with E-state index in [0.29, 0.717) is 5.54 Å². The standard InChI is InChI=1S/C5H12FSi/c1-4-5(2)7(3)6/h5H,4H2,1-3H3. The first kappa shape index (κ1) is 7.15. The summed E-state index contributed by atoms with van der Waals surface area (Å²) in [5, 5.41) is 0. The zero-order valence-corrected chi connectivity index (χ0v) is 6.16. The first-order valence-corrected chi connectivity index (χ1v) is 4.63. The van der Waals surface area contributed by atoms with Crippen molar-refractivity contribution in [3.63, 3.8) is 0 Å². The first-order valence-electron chi connectivity index (χ1n) is 2.67. The molecule has 0 spiro atoms. The number of hydrogen-bond donors (Lipinski definition) is 0. The molecule has 0 nitrogen and oxygen atoms in total. The van der Waals surface area contributed by atoms with E-state index in [0.717, 1.165) is 6.42 Å². The summed E-state index contributed by atoms with van der Waals surface area (Å²) in [6, 6.07) is 0. The van der Waals surface area contributed by atoms with Gasteiger partial charge in [-0.15, -0.1) is 0 Å². The molecule has 43 valence electrons. The van der Waals surface area contributed by atoms with E-state index in [1.54, 1.807) is 6.55 Å². The van der Waals surface area contributed by atoms with E-state index in [2.05, 4.69) is 0 Å². The Bertz CT molecular complexity index is 45.3. The van der Waals surface area contributed by atoms with Crippen molar-refractivity contribution in [2.24, 2.45) is 0 Å². The third kappa shape index (κ3) is 2.80. The quantitative estimate of drug-likeness (QED) is 0.387. The Balaban J connectivity index is 3.14. The molecule has 0 saturated carbocycles. The lowest BCUT2D eigenvalue weighted by Crippen LogP contribution is -2.04. The van der Waals surface area contributed by atoms with Crippen molar-refractivity contribution in [2.75, 3.05) is 0 Å². The highest BCUT2D eigenvalue weighted by atomic mass is 28.3. The lowest BCUT2D eigenvalue weighted by molar-refractivity contribution is 0.739. The maximum Gasteiger partial charge on any atom is 0.270 e. The van der Waals surface area contributed by atoms with Crippen LogP contribution in [0.3, 0.4) is 0 Å². The van der Waals surface area contributed by atoms with Crippen molar-refractivity contribution in [2.45, 2.75) is 32.4 Å². The summed E-state index contributed by atoms with van der Waals surface area (Å²) in [5.41, 5.74) is 0.338. The zero-order chi connectivity index (χ0) is 5.86. The predicted molar refractivity (Wildman–Crippen MR) is 32.4 cm³/mol. The Labute approximate surface area is 46.5 Å². The van der Waals surface area contributed by atoms with Gasteiger partial charge in [-0.05, 0) is 12.1 Å². The summed E-state index contributed by atoms with van der Waals surface area (Å²) in [6.45, 7) is 5.70. The fraction of sp³-hybridized carbons (Fsp3) is 1.00. The van der Waals surface area contributed by atoms with Gasteiger partial charge in [0.1, 0.15) is 0 Å². The first-order chi connectivity index (χ1) is 3.18. The Kier molecular flexibility index (Phi) is 3.25. The SMILES string of the molecule is CCC(C)[Si](C)F. The van der Waals surface area contributed by atoms with Gasteiger partial charge in [0.05, 0.1) is 0 Å². The smallest absolute Gasteiger partial charge is 0.270 e.